The van der Waals surface area contributed by atoms with E-state index in [4.69, 9.17) is 5.26 Å². The highest BCUT2D eigenvalue weighted by atomic mass is 32.2. The van der Waals surface area contributed by atoms with Crippen LogP contribution >= 0.6 is 11.8 Å². The summed E-state index contributed by atoms with van der Waals surface area (Å²) in [5, 5.41) is 19.8. The van der Waals surface area contributed by atoms with E-state index >= 15 is 0 Å². The minimum atomic E-state index is -0.0885. The molecule has 0 atom stereocenters. The summed E-state index contributed by atoms with van der Waals surface area (Å²) in [6.07, 6.45) is 2.21. The zero-order valence-electron chi connectivity index (χ0n) is 19.8. The smallest absolute Gasteiger partial charge is 0.237 e. The SMILES string of the molecule is Cc1ccccc1-n1c(SCC(=O)N(CCC#N)c2ccccc2)nnc1-c1c[nH]c2ccccc12. The molecule has 0 saturated carbocycles. The topological polar surface area (TPSA) is 90.6 Å². The van der Waals surface area contributed by atoms with Crippen molar-refractivity contribution >= 4 is 34.3 Å². The van der Waals surface area contributed by atoms with Gasteiger partial charge in [0.25, 0.3) is 0 Å². The number of nitriles is 1. The molecule has 0 radical (unpaired) electrons. The zero-order chi connectivity index (χ0) is 24.9. The standard InChI is InChI=1S/C28H24N6OS/c1-20-10-5-8-15-25(20)34-27(23-18-30-24-14-7-6-13-22(23)24)31-32-28(34)36-19-26(35)33(17-9-16-29)21-11-3-2-4-12-21/h2-8,10-15,18,30H,9,17,19H2,1H3. The molecule has 36 heavy (non-hydrogen) atoms. The molecule has 1 amide bonds. The maximum Gasteiger partial charge on any atom is 0.237 e. The van der Waals surface area contributed by atoms with Crippen molar-refractivity contribution in [3.63, 3.8) is 0 Å². The first kappa shape index (κ1) is 23.4. The van der Waals surface area contributed by atoms with Crippen LogP contribution in [0.4, 0.5) is 5.69 Å². The highest BCUT2D eigenvalue weighted by Gasteiger charge is 2.22. The fourth-order valence-electron chi connectivity index (χ4n) is 4.20. The lowest BCUT2D eigenvalue weighted by molar-refractivity contribution is -0.116. The minimum Gasteiger partial charge on any atom is -0.360 e. The Morgan fingerprint density at radius 3 is 2.58 bits per heavy atom. The normalized spacial score (nSPS) is 10.9. The molecule has 3 aromatic carbocycles. The van der Waals surface area contributed by atoms with Crippen LogP contribution in [0.3, 0.4) is 0 Å². The average Bonchev–Trinajstić information content (AvgIpc) is 3.52. The molecule has 178 valence electrons. The van der Waals surface area contributed by atoms with Gasteiger partial charge in [0.05, 0.1) is 23.9 Å². The van der Waals surface area contributed by atoms with Crippen molar-refractivity contribution < 1.29 is 4.79 Å². The zero-order valence-corrected chi connectivity index (χ0v) is 20.6. The van der Waals surface area contributed by atoms with Crippen LogP contribution in [0, 0.1) is 18.3 Å². The highest BCUT2D eigenvalue weighted by Crippen LogP contribution is 2.33. The van der Waals surface area contributed by atoms with E-state index in [-0.39, 0.29) is 18.1 Å². The largest absolute Gasteiger partial charge is 0.360 e. The van der Waals surface area contributed by atoms with E-state index in [0.29, 0.717) is 17.5 Å². The Balaban J connectivity index is 1.50. The van der Waals surface area contributed by atoms with Crippen LogP contribution in [0.25, 0.3) is 28.0 Å². The average molecular weight is 493 g/mol. The number of benzene rings is 3. The number of aromatic amines is 1. The number of thioether (sulfide) groups is 1. The Morgan fingerprint density at radius 1 is 1.03 bits per heavy atom. The van der Waals surface area contributed by atoms with Crippen LogP contribution < -0.4 is 4.90 Å². The molecule has 1 N–H and O–H groups in total. The second-order valence-corrected chi connectivity index (χ2v) is 9.20. The number of anilines is 1. The molecule has 0 saturated heterocycles. The number of nitrogens with one attached hydrogen (secondary N) is 1. The second-order valence-electron chi connectivity index (χ2n) is 8.25. The van der Waals surface area contributed by atoms with Crippen LogP contribution in [0.5, 0.6) is 0 Å². The van der Waals surface area contributed by atoms with E-state index in [9.17, 15) is 4.79 Å². The molecular weight excluding hydrogens is 468 g/mol. The molecule has 2 aromatic heterocycles. The van der Waals surface area contributed by atoms with Crippen molar-refractivity contribution in [2.75, 3.05) is 17.2 Å². The number of H-pyrrole nitrogens is 1. The van der Waals surface area contributed by atoms with E-state index in [1.807, 2.05) is 90.5 Å². The molecule has 5 rings (SSSR count). The molecule has 0 bridgehead atoms. The van der Waals surface area contributed by atoms with Gasteiger partial charge in [0.2, 0.25) is 5.91 Å². The van der Waals surface area contributed by atoms with Gasteiger partial charge >= 0.3 is 0 Å². The Bertz CT molecular complexity index is 1550. The van der Waals surface area contributed by atoms with Gasteiger partial charge < -0.3 is 9.88 Å². The summed E-state index contributed by atoms with van der Waals surface area (Å²) in [6, 6.07) is 27.7. The molecule has 0 aliphatic rings. The number of hydrogen-bond acceptors (Lipinski definition) is 5. The third kappa shape index (κ3) is 4.61. The van der Waals surface area contributed by atoms with Crippen LogP contribution in [0.1, 0.15) is 12.0 Å². The number of nitrogens with zero attached hydrogens (tertiary/aromatic N) is 5. The predicted molar refractivity (Wildman–Crippen MR) is 143 cm³/mol. The van der Waals surface area contributed by atoms with Gasteiger partial charge in [-0.2, -0.15) is 5.26 Å². The number of rotatable bonds is 8. The highest BCUT2D eigenvalue weighted by molar-refractivity contribution is 7.99. The molecule has 5 aromatic rings. The van der Waals surface area contributed by atoms with E-state index in [1.54, 1.807) is 4.90 Å². The molecule has 0 fully saturated rings. The van der Waals surface area contributed by atoms with Crippen molar-refractivity contribution in [3.8, 4) is 23.1 Å². The third-order valence-corrected chi connectivity index (χ3v) is 6.87. The van der Waals surface area contributed by atoms with E-state index in [0.717, 1.165) is 33.4 Å². The predicted octanol–water partition coefficient (Wildman–Crippen LogP) is 5.76. The Morgan fingerprint density at radius 2 is 1.78 bits per heavy atom. The lowest BCUT2D eigenvalue weighted by Gasteiger charge is -2.21. The number of carbonyl (C=O) groups is 1. The summed E-state index contributed by atoms with van der Waals surface area (Å²) in [5.74, 6) is 0.786. The van der Waals surface area contributed by atoms with Crippen molar-refractivity contribution in [2.45, 2.75) is 18.5 Å². The van der Waals surface area contributed by atoms with Crippen molar-refractivity contribution in [1.82, 2.24) is 19.7 Å². The number of para-hydroxylation sites is 3. The number of aryl methyl sites for hydroxylation is 1. The quantitative estimate of drug-likeness (QED) is 0.278. The van der Waals surface area contributed by atoms with E-state index < -0.39 is 0 Å². The summed E-state index contributed by atoms with van der Waals surface area (Å²) in [5.41, 5.74) is 4.78. The van der Waals surface area contributed by atoms with Gasteiger partial charge in [-0.25, -0.2) is 0 Å². The summed E-state index contributed by atoms with van der Waals surface area (Å²) >= 11 is 1.34. The monoisotopic (exact) mass is 492 g/mol. The number of aromatic nitrogens is 4. The maximum absolute atomic E-state index is 13.3. The Kier molecular flexibility index (Phi) is 6.83. The van der Waals surface area contributed by atoms with Gasteiger partial charge in [-0.15, -0.1) is 10.2 Å². The number of amides is 1. The summed E-state index contributed by atoms with van der Waals surface area (Å²) in [4.78, 5) is 18.3. The van der Waals surface area contributed by atoms with Crippen molar-refractivity contribution in [2.24, 2.45) is 0 Å². The van der Waals surface area contributed by atoms with E-state index in [2.05, 4.69) is 27.3 Å². The third-order valence-electron chi connectivity index (χ3n) is 5.96. The fourth-order valence-corrected chi connectivity index (χ4v) is 5.02. The summed E-state index contributed by atoms with van der Waals surface area (Å²) in [7, 11) is 0. The second kappa shape index (κ2) is 10.5. The van der Waals surface area contributed by atoms with Crippen LogP contribution in [-0.2, 0) is 4.79 Å². The van der Waals surface area contributed by atoms with Crippen LogP contribution in [-0.4, -0.2) is 38.0 Å². The molecule has 0 unspecified atom stereocenters. The molecule has 0 spiro atoms. The maximum atomic E-state index is 13.3. The van der Waals surface area contributed by atoms with E-state index in [1.165, 1.54) is 11.8 Å². The molecule has 7 nitrogen and oxygen atoms in total. The summed E-state index contributed by atoms with van der Waals surface area (Å²) < 4.78 is 2.02. The van der Waals surface area contributed by atoms with Gasteiger partial charge in [0.15, 0.2) is 11.0 Å². The van der Waals surface area contributed by atoms with Gasteiger partial charge in [-0.1, -0.05) is 66.4 Å². The van der Waals surface area contributed by atoms with Gasteiger partial charge in [-0.3, -0.25) is 9.36 Å². The number of hydrogen-bond donors (Lipinski definition) is 1. The number of fused-ring (bicyclic) bond motifs is 1. The lowest BCUT2D eigenvalue weighted by Crippen LogP contribution is -2.33. The molecule has 0 aliphatic carbocycles. The van der Waals surface area contributed by atoms with Gasteiger partial charge in [0, 0.05) is 34.9 Å². The van der Waals surface area contributed by atoms with Crippen LogP contribution in [0.2, 0.25) is 0 Å². The lowest BCUT2D eigenvalue weighted by atomic mass is 10.1. The first-order valence-corrected chi connectivity index (χ1v) is 12.6. The Hall–Kier alpha value is -4.35. The first-order chi connectivity index (χ1) is 17.7. The molecular formula is C28H24N6OS. The minimum absolute atomic E-state index is 0.0885. The number of carbonyl (C=O) groups excluding carboxylic acids is 1. The Labute approximate surface area is 213 Å². The molecule has 0 aliphatic heterocycles. The van der Waals surface area contributed by atoms with Crippen molar-refractivity contribution in [1.29, 1.82) is 5.26 Å². The molecule has 8 heteroatoms. The van der Waals surface area contributed by atoms with Gasteiger partial charge in [0.1, 0.15) is 0 Å². The van der Waals surface area contributed by atoms with Crippen LogP contribution in [0.15, 0.2) is 90.2 Å². The van der Waals surface area contributed by atoms with Crippen molar-refractivity contribution in [3.05, 3.63) is 90.6 Å². The first-order valence-electron chi connectivity index (χ1n) is 11.6. The fraction of sp³-hybridized carbons (Fsp3) is 0.143. The summed E-state index contributed by atoms with van der Waals surface area (Å²) in [6.45, 7) is 2.39. The molecule has 2 heterocycles. The van der Waals surface area contributed by atoms with Gasteiger partial charge in [-0.05, 0) is 36.8 Å².